The molecule has 0 aliphatic heterocycles. The molecule has 17 heavy (non-hydrogen) atoms. The topological polar surface area (TPSA) is 34.1 Å². The Kier molecular flexibility index (Phi) is 24.2. The smallest absolute Gasteiger partial charge is 0 e. The van der Waals surface area contributed by atoms with Crippen LogP contribution in [0.3, 0.4) is 0 Å². The van der Waals surface area contributed by atoms with Crippen molar-refractivity contribution in [2.24, 2.45) is 0 Å². The molecule has 2 nitrogen and oxygen atoms in total. The molecule has 1 radical (unpaired) electrons. The van der Waals surface area contributed by atoms with Crippen molar-refractivity contribution >= 4 is 12.6 Å². The molecule has 0 aliphatic rings. The molecule has 0 bridgehead atoms. The second kappa shape index (κ2) is 14.9. The molecule has 0 atom stereocenters. The first-order valence-electron chi connectivity index (χ1n) is 3.85. The third-order valence-electron chi connectivity index (χ3n) is 1.78. The zero-order valence-corrected chi connectivity index (χ0v) is 23.6. The van der Waals surface area contributed by atoms with Crippen molar-refractivity contribution in [3.8, 4) is 0 Å². The number of carbonyl (C=O) groups excluding carboxylic acids is 2. The first-order chi connectivity index (χ1) is 6.19. The van der Waals surface area contributed by atoms with Crippen molar-refractivity contribution in [2.45, 2.75) is 19.8 Å². The molecule has 1 rings (SSSR count). The summed E-state index contributed by atoms with van der Waals surface area (Å²) in [4.78, 5) is 20.8. The zero-order chi connectivity index (χ0) is 9.84. The Bertz CT molecular complexity index is 340. The SMILES string of the molecule is Cc1[c-]cc(C)c(C([C-]=O)[C-]=O)[c-]1.[U].[U].[W].[Y]. The van der Waals surface area contributed by atoms with Gasteiger partial charge in [0.05, 0.1) is 0 Å². The van der Waals surface area contributed by atoms with Gasteiger partial charge in [-0.2, -0.15) is 0 Å². The Morgan fingerprint density at radius 3 is 2.06 bits per heavy atom. The standard InChI is InChI=1S/C11H8O2.2U.W.Y/c1-8-3-4-9(2)11(5-8)10(6-12)7-13;;;;/h4,10H,1-2H3;;;;/q-4;;;;. The Morgan fingerprint density at radius 2 is 1.65 bits per heavy atom. The molecule has 0 fully saturated rings. The molecular formula is C11H8O2U2WY-4. The van der Waals surface area contributed by atoms with E-state index in [0.29, 0.717) is 5.56 Å². The van der Waals surface area contributed by atoms with Gasteiger partial charge < -0.3 is 27.3 Å². The number of aryl methyl sites for hydroxylation is 2. The van der Waals surface area contributed by atoms with E-state index in [9.17, 15) is 9.59 Å². The molecule has 0 amide bonds. The number of benzene rings is 1. The van der Waals surface area contributed by atoms with Gasteiger partial charge in [0.2, 0.25) is 0 Å². The van der Waals surface area contributed by atoms with E-state index in [1.807, 2.05) is 0 Å². The summed E-state index contributed by atoms with van der Waals surface area (Å²) in [6, 6.07) is 7.55. The number of hydrogen-bond donors (Lipinski definition) is 0. The van der Waals surface area contributed by atoms with E-state index in [1.165, 1.54) is 0 Å². The molecule has 0 N–H and O–H groups in total. The molecule has 0 aromatic heterocycles. The van der Waals surface area contributed by atoms with Gasteiger partial charge >= 0.3 is 0 Å². The molecule has 1 aromatic rings. The van der Waals surface area contributed by atoms with Gasteiger partial charge in [-0.15, -0.1) is 6.92 Å². The monoisotopic (exact) mass is 921 g/mol. The average molecular weight is 921 g/mol. The van der Waals surface area contributed by atoms with Crippen molar-refractivity contribution in [3.05, 3.63) is 34.9 Å². The second-order valence-corrected chi connectivity index (χ2v) is 2.80. The van der Waals surface area contributed by atoms with Crippen LogP contribution in [0.15, 0.2) is 6.07 Å². The normalized spacial score (nSPS) is 7.71. The Hall–Kier alpha value is 2.46. The number of rotatable bonds is 3. The fourth-order valence-corrected chi connectivity index (χ4v) is 1.07. The van der Waals surface area contributed by atoms with E-state index in [4.69, 9.17) is 0 Å². The van der Waals surface area contributed by atoms with E-state index >= 15 is 0 Å². The van der Waals surface area contributed by atoms with Crippen LogP contribution < -0.4 is 0 Å². The van der Waals surface area contributed by atoms with Crippen LogP contribution in [-0.2, 0) is 63.4 Å². The summed E-state index contributed by atoms with van der Waals surface area (Å²) in [5, 5.41) is 0. The van der Waals surface area contributed by atoms with Crippen LogP contribution in [0.25, 0.3) is 0 Å². The van der Waals surface area contributed by atoms with Crippen LogP contribution in [0.2, 0.25) is 0 Å². The van der Waals surface area contributed by atoms with Crippen molar-refractivity contribution in [2.75, 3.05) is 0 Å². The molecule has 85 valence electrons. The summed E-state index contributed by atoms with van der Waals surface area (Å²) in [5.74, 6) is -0.937. The predicted octanol–water partition coefficient (Wildman–Crippen LogP) is 1.20. The minimum atomic E-state index is -0.937. The van der Waals surface area contributed by atoms with E-state index in [1.54, 1.807) is 32.5 Å². The van der Waals surface area contributed by atoms with Gasteiger partial charge in [0, 0.05) is 116 Å². The average Bonchev–Trinajstić information content (AvgIpc) is 2.13. The molecule has 6 heteroatoms. The van der Waals surface area contributed by atoms with Gasteiger partial charge in [0.25, 0.3) is 0 Å². The van der Waals surface area contributed by atoms with Crippen molar-refractivity contribution in [1.29, 1.82) is 0 Å². The summed E-state index contributed by atoms with van der Waals surface area (Å²) in [7, 11) is 0. The molecule has 1 aromatic carbocycles. The van der Waals surface area contributed by atoms with Crippen LogP contribution in [-0.4, -0.2) is 12.6 Å². The quantitative estimate of drug-likeness (QED) is 0.338. The first kappa shape index (κ1) is 27.7. The first-order valence-corrected chi connectivity index (χ1v) is 3.85. The molecule has 0 aliphatic carbocycles. The minimum Gasteiger partial charge on any atom is -0.544 e. The summed E-state index contributed by atoms with van der Waals surface area (Å²) < 4.78 is 0. The Labute approximate surface area is 189 Å². The molecule has 0 unspecified atom stereocenters. The molecular weight excluding hydrogens is 913 g/mol. The third kappa shape index (κ3) is 9.08. The predicted molar refractivity (Wildman–Crippen MR) is 47.7 cm³/mol. The van der Waals surface area contributed by atoms with Gasteiger partial charge in [0.1, 0.15) is 0 Å². The van der Waals surface area contributed by atoms with Gasteiger partial charge in [0.15, 0.2) is 0 Å². The maximum atomic E-state index is 10.4. The summed E-state index contributed by atoms with van der Waals surface area (Å²) in [6.07, 6.45) is 3.23. The Morgan fingerprint density at radius 1 is 1.18 bits per heavy atom. The third-order valence-corrected chi connectivity index (χ3v) is 1.78. The molecule has 0 saturated carbocycles. The summed E-state index contributed by atoms with van der Waals surface area (Å²) >= 11 is 0. The minimum absolute atomic E-state index is 0. The van der Waals surface area contributed by atoms with Crippen LogP contribution in [0, 0.1) is 88.2 Å². The van der Waals surface area contributed by atoms with E-state index in [2.05, 4.69) is 12.1 Å². The van der Waals surface area contributed by atoms with Crippen LogP contribution in [0.4, 0.5) is 0 Å². The zero-order valence-electron chi connectivity index (χ0n) is 9.46. The number of hydrogen-bond acceptors (Lipinski definition) is 2. The maximum Gasteiger partial charge on any atom is 0 e. The largest absolute Gasteiger partial charge is 0.544 e. The van der Waals surface area contributed by atoms with Crippen LogP contribution >= 0.6 is 0 Å². The van der Waals surface area contributed by atoms with Crippen LogP contribution in [0.1, 0.15) is 22.6 Å². The van der Waals surface area contributed by atoms with E-state index < -0.39 is 5.92 Å². The molecule has 0 spiro atoms. The van der Waals surface area contributed by atoms with E-state index in [-0.39, 0.29) is 116 Å². The van der Waals surface area contributed by atoms with Gasteiger partial charge in [-0.1, -0.05) is 6.92 Å². The fourth-order valence-electron chi connectivity index (χ4n) is 1.07. The molecule has 0 heterocycles. The Balaban J connectivity index is -0.000000211. The van der Waals surface area contributed by atoms with Gasteiger partial charge in [-0.05, 0) is 0 Å². The second-order valence-electron chi connectivity index (χ2n) is 2.80. The van der Waals surface area contributed by atoms with Crippen molar-refractivity contribution in [3.63, 3.8) is 0 Å². The fraction of sp³-hybridized carbons (Fsp3) is 0.273. The van der Waals surface area contributed by atoms with Gasteiger partial charge in [-0.25, -0.2) is 0 Å². The van der Waals surface area contributed by atoms with Crippen LogP contribution in [0.5, 0.6) is 0 Å². The summed E-state index contributed by atoms with van der Waals surface area (Å²) in [6.45, 7) is 3.60. The van der Waals surface area contributed by atoms with E-state index in [0.717, 1.165) is 11.1 Å². The van der Waals surface area contributed by atoms with Crippen molar-refractivity contribution < 1.29 is 126 Å². The van der Waals surface area contributed by atoms with Gasteiger partial charge in [-0.3, -0.25) is 35.7 Å². The summed E-state index contributed by atoms with van der Waals surface area (Å²) in [5.41, 5.74) is 2.12. The maximum absolute atomic E-state index is 10.4. The van der Waals surface area contributed by atoms with Crippen molar-refractivity contribution in [1.82, 2.24) is 0 Å². The molecule has 0 saturated heterocycles.